The summed E-state index contributed by atoms with van der Waals surface area (Å²) in [6.45, 7) is 3.73. The average molecular weight is 260 g/mol. The van der Waals surface area contributed by atoms with Crippen molar-refractivity contribution in [2.24, 2.45) is 5.92 Å². The Morgan fingerprint density at radius 2 is 1.67 bits per heavy atom. The van der Waals surface area contributed by atoms with Crippen molar-refractivity contribution in [2.45, 2.75) is 18.9 Å². The lowest BCUT2D eigenvalue weighted by atomic mass is 10.0. The van der Waals surface area contributed by atoms with Gasteiger partial charge in [-0.3, -0.25) is 9.59 Å². The highest BCUT2D eigenvalue weighted by Gasteiger charge is 2.28. The number of methoxy groups -OCH3 is 3. The zero-order valence-electron chi connectivity index (χ0n) is 11.0. The van der Waals surface area contributed by atoms with Gasteiger partial charge < -0.3 is 18.9 Å². The molecule has 6 nitrogen and oxygen atoms in total. The second-order valence-corrected chi connectivity index (χ2v) is 3.52. The molecule has 0 aliphatic carbocycles. The van der Waals surface area contributed by atoms with E-state index in [1.165, 1.54) is 21.3 Å². The summed E-state index contributed by atoms with van der Waals surface area (Å²) in [6, 6.07) is 0. The van der Waals surface area contributed by atoms with Crippen LogP contribution in [0.25, 0.3) is 0 Å². The molecule has 0 saturated heterocycles. The van der Waals surface area contributed by atoms with E-state index < -0.39 is 17.9 Å². The first-order valence-corrected chi connectivity index (χ1v) is 5.49. The Bertz CT molecular complexity index is 260. The van der Waals surface area contributed by atoms with Crippen LogP contribution in [0.15, 0.2) is 12.7 Å². The molecule has 0 N–H and O–H groups in total. The minimum absolute atomic E-state index is 0.123. The minimum Gasteiger partial charge on any atom is -0.468 e. The van der Waals surface area contributed by atoms with Gasteiger partial charge >= 0.3 is 11.9 Å². The summed E-state index contributed by atoms with van der Waals surface area (Å²) in [5, 5.41) is 0. The van der Waals surface area contributed by atoms with Crippen molar-refractivity contribution < 1.29 is 28.5 Å². The Labute approximate surface area is 107 Å². The summed E-state index contributed by atoms with van der Waals surface area (Å²) < 4.78 is 19.1. The monoisotopic (exact) mass is 260 g/mol. The molecule has 0 radical (unpaired) electrons. The van der Waals surface area contributed by atoms with Crippen molar-refractivity contribution >= 4 is 11.9 Å². The van der Waals surface area contributed by atoms with Gasteiger partial charge in [-0.25, -0.2) is 0 Å². The third kappa shape index (κ3) is 5.79. The number of hydrogen-bond acceptors (Lipinski definition) is 6. The summed E-state index contributed by atoms with van der Waals surface area (Å²) in [6.07, 6.45) is 2.01. The number of esters is 2. The molecule has 0 rings (SSSR count). The van der Waals surface area contributed by atoms with E-state index in [1.54, 1.807) is 6.08 Å². The number of rotatable bonds is 9. The van der Waals surface area contributed by atoms with Crippen molar-refractivity contribution in [3.63, 3.8) is 0 Å². The zero-order valence-corrected chi connectivity index (χ0v) is 11.0. The number of carbonyl (C=O) groups excluding carboxylic acids is 2. The van der Waals surface area contributed by atoms with Crippen molar-refractivity contribution in [3.8, 4) is 0 Å². The Kier molecular flexibility index (Phi) is 8.86. The minimum atomic E-state index is -0.936. The second kappa shape index (κ2) is 9.61. The highest BCUT2D eigenvalue weighted by Crippen LogP contribution is 2.14. The lowest BCUT2D eigenvalue weighted by molar-refractivity contribution is -0.159. The molecule has 0 aliphatic rings. The quantitative estimate of drug-likeness (QED) is 0.265. The number of hydrogen-bond donors (Lipinski definition) is 0. The fraction of sp³-hybridized carbons (Fsp3) is 0.667. The molecule has 1 atom stereocenters. The van der Waals surface area contributed by atoms with E-state index in [0.29, 0.717) is 6.42 Å². The molecule has 0 aliphatic heterocycles. The van der Waals surface area contributed by atoms with Gasteiger partial charge in [0.25, 0.3) is 0 Å². The molecule has 104 valence electrons. The maximum absolute atomic E-state index is 11.4. The summed E-state index contributed by atoms with van der Waals surface area (Å²) in [5.41, 5.74) is 0. The SMILES string of the molecule is C=CC(CCC(C(=O)OC)C(=O)OC)OCOC. The Balaban J connectivity index is 4.35. The summed E-state index contributed by atoms with van der Waals surface area (Å²) in [7, 11) is 3.96. The van der Waals surface area contributed by atoms with Crippen molar-refractivity contribution in [3.05, 3.63) is 12.7 Å². The predicted molar refractivity (Wildman–Crippen MR) is 63.7 cm³/mol. The van der Waals surface area contributed by atoms with E-state index in [0.717, 1.165) is 0 Å². The standard InChI is InChI=1S/C12H20O6/c1-5-9(18-8-15-2)6-7-10(11(13)16-3)12(14)17-4/h5,9-10H,1,6-8H2,2-4H3. The van der Waals surface area contributed by atoms with Crippen LogP contribution < -0.4 is 0 Å². The molecule has 0 bridgehead atoms. The van der Waals surface area contributed by atoms with Crippen molar-refractivity contribution in [1.82, 2.24) is 0 Å². The van der Waals surface area contributed by atoms with Crippen molar-refractivity contribution in [2.75, 3.05) is 28.1 Å². The van der Waals surface area contributed by atoms with Crippen molar-refractivity contribution in [1.29, 1.82) is 0 Å². The summed E-state index contributed by atoms with van der Waals surface area (Å²) >= 11 is 0. The molecule has 0 amide bonds. The third-order valence-electron chi connectivity index (χ3n) is 2.37. The summed E-state index contributed by atoms with van der Waals surface area (Å²) in [5.74, 6) is -2.17. The third-order valence-corrected chi connectivity index (χ3v) is 2.37. The summed E-state index contributed by atoms with van der Waals surface area (Å²) in [4.78, 5) is 22.8. The Morgan fingerprint density at radius 3 is 2.06 bits per heavy atom. The first kappa shape index (κ1) is 16.6. The zero-order chi connectivity index (χ0) is 14.0. The smallest absolute Gasteiger partial charge is 0.320 e. The van der Waals surface area contributed by atoms with Gasteiger partial charge in [-0.05, 0) is 12.8 Å². The van der Waals surface area contributed by atoms with Gasteiger partial charge in [-0.15, -0.1) is 6.58 Å². The van der Waals surface area contributed by atoms with Gasteiger partial charge in [0.05, 0.1) is 20.3 Å². The van der Waals surface area contributed by atoms with Crippen LogP contribution in [0.4, 0.5) is 0 Å². The van der Waals surface area contributed by atoms with Crippen LogP contribution in [-0.4, -0.2) is 46.2 Å². The molecule has 6 heteroatoms. The van der Waals surface area contributed by atoms with E-state index >= 15 is 0 Å². The maximum Gasteiger partial charge on any atom is 0.320 e. The number of ether oxygens (including phenoxy) is 4. The van der Waals surface area contributed by atoms with Gasteiger partial charge in [0, 0.05) is 7.11 Å². The van der Waals surface area contributed by atoms with E-state index in [-0.39, 0.29) is 19.3 Å². The fourth-order valence-electron chi connectivity index (χ4n) is 1.37. The molecule has 0 heterocycles. The molecular weight excluding hydrogens is 240 g/mol. The average Bonchev–Trinajstić information content (AvgIpc) is 2.41. The maximum atomic E-state index is 11.4. The molecule has 1 unspecified atom stereocenters. The van der Waals surface area contributed by atoms with Gasteiger partial charge in [0.15, 0.2) is 5.92 Å². The molecule has 0 spiro atoms. The van der Waals surface area contributed by atoms with E-state index in [2.05, 4.69) is 16.1 Å². The lowest BCUT2D eigenvalue weighted by Gasteiger charge is -2.16. The van der Waals surface area contributed by atoms with Gasteiger partial charge in [-0.1, -0.05) is 6.08 Å². The van der Waals surface area contributed by atoms with E-state index in [9.17, 15) is 9.59 Å². The first-order chi connectivity index (χ1) is 8.60. The van der Waals surface area contributed by atoms with Gasteiger partial charge in [0.1, 0.15) is 6.79 Å². The van der Waals surface area contributed by atoms with Crippen LogP contribution in [0.3, 0.4) is 0 Å². The molecule has 18 heavy (non-hydrogen) atoms. The van der Waals surface area contributed by atoms with E-state index in [4.69, 9.17) is 9.47 Å². The highest BCUT2D eigenvalue weighted by atomic mass is 16.7. The molecule has 0 aromatic heterocycles. The van der Waals surface area contributed by atoms with Crippen LogP contribution in [0, 0.1) is 5.92 Å². The predicted octanol–water partition coefficient (Wildman–Crippen LogP) is 0.904. The molecule has 0 saturated carbocycles. The van der Waals surface area contributed by atoms with Crippen LogP contribution in [0.1, 0.15) is 12.8 Å². The fourth-order valence-corrected chi connectivity index (χ4v) is 1.37. The lowest BCUT2D eigenvalue weighted by Crippen LogP contribution is -2.28. The van der Waals surface area contributed by atoms with Crippen LogP contribution in [0.2, 0.25) is 0 Å². The van der Waals surface area contributed by atoms with Crippen LogP contribution in [-0.2, 0) is 28.5 Å². The van der Waals surface area contributed by atoms with Gasteiger partial charge in [0.2, 0.25) is 0 Å². The molecule has 0 aromatic carbocycles. The number of carbonyl (C=O) groups is 2. The Morgan fingerprint density at radius 1 is 1.11 bits per heavy atom. The largest absolute Gasteiger partial charge is 0.468 e. The molecule has 0 fully saturated rings. The molecular formula is C12H20O6. The second-order valence-electron chi connectivity index (χ2n) is 3.52. The molecule has 0 aromatic rings. The van der Waals surface area contributed by atoms with E-state index in [1.807, 2.05) is 0 Å². The van der Waals surface area contributed by atoms with Crippen LogP contribution in [0.5, 0.6) is 0 Å². The topological polar surface area (TPSA) is 71.1 Å². The normalized spacial score (nSPS) is 12.0. The first-order valence-electron chi connectivity index (χ1n) is 5.49. The van der Waals surface area contributed by atoms with Crippen LogP contribution >= 0.6 is 0 Å². The van der Waals surface area contributed by atoms with Gasteiger partial charge in [-0.2, -0.15) is 0 Å². The Hall–Kier alpha value is -1.40. The highest BCUT2D eigenvalue weighted by molar-refractivity contribution is 5.94.